The number of rotatable bonds is 3. The van der Waals surface area contributed by atoms with Gasteiger partial charge in [-0.2, -0.15) is 0 Å². The smallest absolute Gasteiger partial charge is 0.194 e. The van der Waals surface area contributed by atoms with E-state index in [1.54, 1.807) is 0 Å². The molecule has 0 aliphatic heterocycles. The van der Waals surface area contributed by atoms with E-state index in [-0.39, 0.29) is 5.92 Å². The van der Waals surface area contributed by atoms with Gasteiger partial charge in [0.2, 0.25) is 0 Å². The summed E-state index contributed by atoms with van der Waals surface area (Å²) in [6.07, 6.45) is 10.7. The fraction of sp³-hybridized carbons (Fsp3) is 0.571. The molecule has 2 atom stereocenters. The Bertz CT molecular complexity index is 568. The van der Waals surface area contributed by atoms with Crippen molar-refractivity contribution in [3.05, 3.63) is 48.1 Å². The standard InChI is InChI=1S/C21H26F3/c1-13-3-5-16(6-4-13)17-9-7-15(8-10-17)14(2)18-11-19(22)21(24)20(23)12-18/h5,11-13,15-17H,2-4,6-10H2,1H3. The van der Waals surface area contributed by atoms with E-state index in [1.807, 2.05) is 0 Å². The Labute approximate surface area is 143 Å². The van der Waals surface area contributed by atoms with Gasteiger partial charge in [-0.3, -0.25) is 0 Å². The van der Waals surface area contributed by atoms with Crippen LogP contribution in [0.2, 0.25) is 0 Å². The minimum atomic E-state index is -1.41. The largest absolute Gasteiger partial charge is 0.204 e. The van der Waals surface area contributed by atoms with Crippen molar-refractivity contribution in [2.75, 3.05) is 0 Å². The minimum absolute atomic E-state index is 0.244. The lowest BCUT2D eigenvalue weighted by molar-refractivity contribution is 0.204. The number of allylic oxidation sites excluding steroid dienone is 1. The molecule has 0 heterocycles. The molecule has 1 aromatic rings. The van der Waals surface area contributed by atoms with Crippen LogP contribution in [0.1, 0.15) is 57.4 Å². The van der Waals surface area contributed by atoms with E-state index in [2.05, 4.69) is 19.9 Å². The Balaban J connectivity index is 1.59. The molecule has 0 spiro atoms. The van der Waals surface area contributed by atoms with Crippen molar-refractivity contribution in [2.24, 2.45) is 23.7 Å². The summed E-state index contributed by atoms with van der Waals surface area (Å²) in [5.74, 6) is -1.14. The molecule has 0 saturated heterocycles. The fourth-order valence-corrected chi connectivity index (χ4v) is 4.42. The van der Waals surface area contributed by atoms with Crippen molar-refractivity contribution in [1.29, 1.82) is 0 Å². The van der Waals surface area contributed by atoms with Gasteiger partial charge in [-0.25, -0.2) is 13.2 Å². The van der Waals surface area contributed by atoms with Gasteiger partial charge in [0.25, 0.3) is 0 Å². The van der Waals surface area contributed by atoms with Gasteiger partial charge >= 0.3 is 0 Å². The van der Waals surface area contributed by atoms with E-state index in [9.17, 15) is 13.2 Å². The molecule has 131 valence electrons. The van der Waals surface area contributed by atoms with Crippen LogP contribution in [0.5, 0.6) is 0 Å². The molecular formula is C21H26F3. The summed E-state index contributed by atoms with van der Waals surface area (Å²) in [7, 11) is 0. The van der Waals surface area contributed by atoms with Crippen molar-refractivity contribution >= 4 is 5.57 Å². The summed E-state index contributed by atoms with van der Waals surface area (Å²) in [6.45, 7) is 6.36. The normalized spacial score (nSPS) is 31.0. The fourth-order valence-electron chi connectivity index (χ4n) is 4.42. The topological polar surface area (TPSA) is 0 Å². The molecule has 2 aliphatic carbocycles. The highest BCUT2D eigenvalue weighted by Gasteiger charge is 2.31. The summed E-state index contributed by atoms with van der Waals surface area (Å²) in [4.78, 5) is 0. The number of hydrogen-bond donors (Lipinski definition) is 0. The van der Waals surface area contributed by atoms with Crippen molar-refractivity contribution in [3.8, 4) is 0 Å². The minimum Gasteiger partial charge on any atom is -0.204 e. The zero-order chi connectivity index (χ0) is 17.3. The van der Waals surface area contributed by atoms with E-state index < -0.39 is 17.5 Å². The second-order valence-corrected chi connectivity index (χ2v) is 7.71. The second-order valence-electron chi connectivity index (χ2n) is 7.71. The van der Waals surface area contributed by atoms with Crippen LogP contribution in [0.15, 0.2) is 18.7 Å². The first kappa shape index (κ1) is 17.6. The molecule has 1 aromatic carbocycles. The predicted octanol–water partition coefficient (Wildman–Crippen LogP) is 6.56. The molecule has 3 heteroatoms. The average molecular weight is 335 g/mol. The Kier molecular flexibility index (Phi) is 5.36. The number of benzene rings is 1. The van der Waals surface area contributed by atoms with Crippen molar-refractivity contribution in [1.82, 2.24) is 0 Å². The lowest BCUT2D eigenvalue weighted by Crippen LogP contribution is -2.26. The summed E-state index contributed by atoms with van der Waals surface area (Å²) < 4.78 is 40.0. The van der Waals surface area contributed by atoms with Gasteiger partial charge in [0, 0.05) is 0 Å². The van der Waals surface area contributed by atoms with Crippen LogP contribution in [0.25, 0.3) is 5.57 Å². The maximum Gasteiger partial charge on any atom is 0.194 e. The van der Waals surface area contributed by atoms with Crippen LogP contribution in [0.4, 0.5) is 13.2 Å². The molecule has 3 rings (SSSR count). The highest BCUT2D eigenvalue weighted by atomic mass is 19.2. The van der Waals surface area contributed by atoms with E-state index in [1.165, 1.54) is 19.3 Å². The molecule has 1 radical (unpaired) electrons. The third-order valence-electron chi connectivity index (χ3n) is 6.06. The average Bonchev–Trinajstić information content (AvgIpc) is 2.59. The number of halogens is 3. The van der Waals surface area contributed by atoms with E-state index in [4.69, 9.17) is 0 Å². The molecule has 2 fully saturated rings. The quantitative estimate of drug-likeness (QED) is 0.548. The molecule has 2 saturated carbocycles. The van der Waals surface area contributed by atoms with Gasteiger partial charge < -0.3 is 0 Å². The summed E-state index contributed by atoms with van der Waals surface area (Å²) in [5, 5.41) is 0. The lowest BCUT2D eigenvalue weighted by atomic mass is 9.68. The maximum atomic E-state index is 13.4. The Morgan fingerprint density at radius 1 is 0.958 bits per heavy atom. The van der Waals surface area contributed by atoms with Gasteiger partial charge in [-0.05, 0) is 91.9 Å². The van der Waals surface area contributed by atoms with Crippen LogP contribution in [-0.4, -0.2) is 0 Å². The van der Waals surface area contributed by atoms with Crippen LogP contribution in [0.3, 0.4) is 0 Å². The summed E-state index contributed by atoms with van der Waals surface area (Å²) in [5.41, 5.74) is 1.14. The second kappa shape index (κ2) is 7.33. The first-order valence-electron chi connectivity index (χ1n) is 9.12. The van der Waals surface area contributed by atoms with Gasteiger partial charge in [0.1, 0.15) is 0 Å². The summed E-state index contributed by atoms with van der Waals surface area (Å²) >= 11 is 0. The molecule has 2 unspecified atom stereocenters. The van der Waals surface area contributed by atoms with E-state index in [0.717, 1.165) is 61.1 Å². The van der Waals surface area contributed by atoms with Gasteiger partial charge in [-0.15, -0.1) is 0 Å². The monoisotopic (exact) mass is 335 g/mol. The Morgan fingerprint density at radius 3 is 2.12 bits per heavy atom. The Hall–Kier alpha value is -1.25. The van der Waals surface area contributed by atoms with E-state index in [0.29, 0.717) is 5.56 Å². The molecule has 0 aromatic heterocycles. The van der Waals surface area contributed by atoms with Crippen LogP contribution in [-0.2, 0) is 0 Å². The van der Waals surface area contributed by atoms with Gasteiger partial charge in [0.15, 0.2) is 17.5 Å². The maximum absolute atomic E-state index is 13.4. The van der Waals surface area contributed by atoms with Crippen molar-refractivity contribution in [3.63, 3.8) is 0 Å². The zero-order valence-corrected chi connectivity index (χ0v) is 14.3. The SMILES string of the molecule is C=C(c1cc(F)c(F)c(F)c1)C1CCC(C2[CH]CC(C)CC2)CC1. The molecule has 24 heavy (non-hydrogen) atoms. The third-order valence-corrected chi connectivity index (χ3v) is 6.06. The predicted molar refractivity (Wildman–Crippen MR) is 91.6 cm³/mol. The van der Waals surface area contributed by atoms with Crippen LogP contribution >= 0.6 is 0 Å². The van der Waals surface area contributed by atoms with Gasteiger partial charge in [0.05, 0.1) is 0 Å². The first-order valence-corrected chi connectivity index (χ1v) is 9.12. The Morgan fingerprint density at radius 2 is 1.58 bits per heavy atom. The highest BCUT2D eigenvalue weighted by molar-refractivity contribution is 5.65. The lowest BCUT2D eigenvalue weighted by Gasteiger charge is -2.37. The van der Waals surface area contributed by atoms with Gasteiger partial charge in [-0.1, -0.05) is 19.9 Å². The molecule has 0 N–H and O–H groups in total. The number of hydrogen-bond acceptors (Lipinski definition) is 0. The van der Waals surface area contributed by atoms with Crippen molar-refractivity contribution < 1.29 is 13.2 Å². The molecule has 2 aliphatic rings. The molecular weight excluding hydrogens is 309 g/mol. The molecule has 0 bridgehead atoms. The van der Waals surface area contributed by atoms with E-state index >= 15 is 0 Å². The third kappa shape index (κ3) is 3.70. The van der Waals surface area contributed by atoms with Crippen LogP contribution < -0.4 is 0 Å². The highest BCUT2D eigenvalue weighted by Crippen LogP contribution is 2.43. The first-order chi connectivity index (χ1) is 11.5. The van der Waals surface area contributed by atoms with Crippen LogP contribution in [0, 0.1) is 47.5 Å². The van der Waals surface area contributed by atoms with Crippen molar-refractivity contribution in [2.45, 2.75) is 51.9 Å². The molecule has 0 amide bonds. The summed E-state index contributed by atoms with van der Waals surface area (Å²) in [6, 6.07) is 2.15. The molecule has 0 nitrogen and oxygen atoms in total. The zero-order valence-electron chi connectivity index (χ0n) is 14.3.